The fourth-order valence-corrected chi connectivity index (χ4v) is 1.79. The smallest absolute Gasteiger partial charge is 0.222 e. The Bertz CT molecular complexity index is 225. The van der Waals surface area contributed by atoms with Gasteiger partial charge in [0.15, 0.2) is 0 Å². The summed E-state index contributed by atoms with van der Waals surface area (Å²) in [6, 6.07) is 0.470. The third-order valence-corrected chi connectivity index (χ3v) is 2.89. The lowest BCUT2D eigenvalue weighted by Gasteiger charge is -2.22. The Morgan fingerprint density at radius 2 is 1.65 bits per heavy atom. The molecule has 0 saturated carbocycles. The van der Waals surface area contributed by atoms with Gasteiger partial charge in [-0.1, -0.05) is 13.8 Å². The van der Waals surface area contributed by atoms with Crippen LogP contribution in [0.1, 0.15) is 40.5 Å². The molecule has 1 N–H and O–H groups in total. The maximum absolute atomic E-state index is 12.2. The number of amides is 1. The molecule has 0 rings (SSSR count). The Kier molecular flexibility index (Phi) is 12.9. The summed E-state index contributed by atoms with van der Waals surface area (Å²) in [6.07, 6.45) is 1.45. The van der Waals surface area contributed by atoms with Crippen LogP contribution in [0.2, 0.25) is 0 Å². The quantitative estimate of drug-likeness (QED) is 0.524. The van der Waals surface area contributed by atoms with E-state index in [-0.39, 0.29) is 5.91 Å². The molecule has 1 amide bonds. The molecule has 0 aromatic carbocycles. The molecule has 0 spiro atoms. The predicted molar refractivity (Wildman–Crippen MR) is 81.9 cm³/mol. The summed E-state index contributed by atoms with van der Waals surface area (Å²) in [5.41, 5.74) is 0. The van der Waals surface area contributed by atoms with E-state index in [4.69, 9.17) is 9.47 Å². The van der Waals surface area contributed by atoms with Gasteiger partial charge < -0.3 is 19.7 Å². The summed E-state index contributed by atoms with van der Waals surface area (Å²) in [5, 5.41) is 3.32. The third-order valence-electron chi connectivity index (χ3n) is 2.89. The minimum Gasteiger partial charge on any atom is -0.380 e. The molecule has 0 fully saturated rings. The molecular weight excluding hydrogens is 256 g/mol. The van der Waals surface area contributed by atoms with Crippen LogP contribution in [0.3, 0.4) is 0 Å². The van der Waals surface area contributed by atoms with Crippen LogP contribution in [0.15, 0.2) is 0 Å². The number of nitrogens with one attached hydrogen (secondary N) is 1. The number of ether oxygens (including phenoxy) is 2. The van der Waals surface area contributed by atoms with Gasteiger partial charge >= 0.3 is 0 Å². The Hall–Kier alpha value is -0.650. The Morgan fingerprint density at radius 3 is 2.10 bits per heavy atom. The van der Waals surface area contributed by atoms with Crippen molar-refractivity contribution in [2.45, 2.75) is 46.6 Å². The minimum absolute atomic E-state index is 0.190. The average molecular weight is 288 g/mol. The van der Waals surface area contributed by atoms with Crippen LogP contribution < -0.4 is 5.32 Å². The van der Waals surface area contributed by atoms with Gasteiger partial charge in [-0.2, -0.15) is 0 Å². The topological polar surface area (TPSA) is 50.8 Å². The molecule has 0 aliphatic carbocycles. The molecular formula is C15H32N2O3. The molecule has 20 heavy (non-hydrogen) atoms. The standard InChI is InChI=1S/C15H32N2O3/c1-5-19-12-10-17(11-13-20-6-2)15(18)8-7-9-16-14(3)4/h14,16H,5-13H2,1-4H3. The SMILES string of the molecule is CCOCCN(CCOCC)C(=O)CCCNC(C)C. The summed E-state index contributed by atoms with van der Waals surface area (Å²) >= 11 is 0. The number of rotatable bonds is 13. The highest BCUT2D eigenvalue weighted by Gasteiger charge is 2.12. The third kappa shape index (κ3) is 11.2. The van der Waals surface area contributed by atoms with Crippen LogP contribution in [0.5, 0.6) is 0 Å². The zero-order valence-corrected chi connectivity index (χ0v) is 13.6. The van der Waals surface area contributed by atoms with Gasteiger partial charge in [0.1, 0.15) is 0 Å². The summed E-state index contributed by atoms with van der Waals surface area (Å²) < 4.78 is 10.7. The highest BCUT2D eigenvalue weighted by atomic mass is 16.5. The molecule has 0 aromatic heterocycles. The van der Waals surface area contributed by atoms with E-state index in [0.717, 1.165) is 13.0 Å². The van der Waals surface area contributed by atoms with E-state index in [1.54, 1.807) is 0 Å². The molecule has 5 nitrogen and oxygen atoms in total. The molecule has 0 unspecified atom stereocenters. The minimum atomic E-state index is 0.190. The first-order valence-electron chi connectivity index (χ1n) is 7.78. The highest BCUT2D eigenvalue weighted by Crippen LogP contribution is 1.99. The van der Waals surface area contributed by atoms with Crippen LogP contribution >= 0.6 is 0 Å². The van der Waals surface area contributed by atoms with Crippen LogP contribution in [0, 0.1) is 0 Å². The van der Waals surface area contributed by atoms with Gasteiger partial charge in [0.05, 0.1) is 13.2 Å². The molecule has 0 atom stereocenters. The molecule has 0 saturated heterocycles. The zero-order chi connectivity index (χ0) is 15.2. The maximum atomic E-state index is 12.2. The van der Waals surface area contributed by atoms with Gasteiger partial charge in [-0.05, 0) is 26.8 Å². The Balaban J connectivity index is 3.97. The molecule has 0 heterocycles. The number of nitrogens with zero attached hydrogens (tertiary/aromatic N) is 1. The van der Waals surface area contributed by atoms with E-state index in [1.807, 2.05) is 18.7 Å². The lowest BCUT2D eigenvalue weighted by atomic mass is 10.2. The van der Waals surface area contributed by atoms with E-state index in [2.05, 4.69) is 19.2 Å². The van der Waals surface area contributed by atoms with E-state index < -0.39 is 0 Å². The number of hydrogen-bond acceptors (Lipinski definition) is 4. The second-order valence-corrected chi connectivity index (χ2v) is 4.99. The largest absolute Gasteiger partial charge is 0.380 e. The fourth-order valence-electron chi connectivity index (χ4n) is 1.79. The molecule has 0 aliphatic heterocycles. The van der Waals surface area contributed by atoms with E-state index in [9.17, 15) is 4.79 Å². The lowest BCUT2D eigenvalue weighted by molar-refractivity contribution is -0.132. The first-order chi connectivity index (χ1) is 9.61. The molecule has 120 valence electrons. The van der Waals surface area contributed by atoms with Crippen molar-refractivity contribution in [2.75, 3.05) is 46.1 Å². The van der Waals surface area contributed by atoms with E-state index in [1.165, 1.54) is 0 Å². The van der Waals surface area contributed by atoms with Gasteiger partial charge in [0.25, 0.3) is 0 Å². The predicted octanol–water partition coefficient (Wildman–Crippen LogP) is 1.67. The number of hydrogen-bond donors (Lipinski definition) is 1. The molecule has 5 heteroatoms. The molecule has 0 aliphatic rings. The van der Waals surface area contributed by atoms with Gasteiger partial charge in [-0.25, -0.2) is 0 Å². The van der Waals surface area contributed by atoms with Crippen molar-refractivity contribution in [2.24, 2.45) is 0 Å². The second kappa shape index (κ2) is 13.3. The van der Waals surface area contributed by atoms with E-state index >= 15 is 0 Å². The summed E-state index contributed by atoms with van der Waals surface area (Å²) in [7, 11) is 0. The van der Waals surface area contributed by atoms with Crippen LogP contribution in [0.4, 0.5) is 0 Å². The van der Waals surface area contributed by atoms with Crippen molar-refractivity contribution in [1.82, 2.24) is 10.2 Å². The van der Waals surface area contributed by atoms with Crippen molar-refractivity contribution < 1.29 is 14.3 Å². The van der Waals surface area contributed by atoms with Crippen molar-refractivity contribution in [1.29, 1.82) is 0 Å². The highest BCUT2D eigenvalue weighted by molar-refractivity contribution is 5.76. The fraction of sp³-hybridized carbons (Fsp3) is 0.933. The van der Waals surface area contributed by atoms with Crippen molar-refractivity contribution in [3.8, 4) is 0 Å². The van der Waals surface area contributed by atoms with Gasteiger partial charge in [0.2, 0.25) is 5.91 Å². The first kappa shape index (κ1) is 19.4. The summed E-state index contributed by atoms with van der Waals surface area (Å²) in [6.45, 7) is 12.9. The van der Waals surface area contributed by atoms with Crippen LogP contribution in [-0.4, -0.2) is 62.9 Å². The van der Waals surface area contributed by atoms with Gasteiger partial charge in [-0.15, -0.1) is 0 Å². The number of carbonyl (C=O) groups is 1. The Labute approximate surface area is 124 Å². The Morgan fingerprint density at radius 1 is 1.10 bits per heavy atom. The van der Waals surface area contributed by atoms with Crippen molar-refractivity contribution in [3.05, 3.63) is 0 Å². The van der Waals surface area contributed by atoms with Gasteiger partial charge in [0, 0.05) is 38.8 Å². The van der Waals surface area contributed by atoms with Crippen molar-refractivity contribution >= 4 is 5.91 Å². The maximum Gasteiger partial charge on any atom is 0.222 e. The zero-order valence-electron chi connectivity index (χ0n) is 13.6. The normalized spacial score (nSPS) is 11.1. The second-order valence-electron chi connectivity index (χ2n) is 4.99. The first-order valence-corrected chi connectivity index (χ1v) is 7.78. The van der Waals surface area contributed by atoms with Crippen LogP contribution in [-0.2, 0) is 14.3 Å². The van der Waals surface area contributed by atoms with Gasteiger partial charge in [-0.3, -0.25) is 4.79 Å². The van der Waals surface area contributed by atoms with Crippen LogP contribution in [0.25, 0.3) is 0 Å². The molecule has 0 bridgehead atoms. The lowest BCUT2D eigenvalue weighted by Crippen LogP contribution is -2.37. The average Bonchev–Trinajstić information content (AvgIpc) is 2.42. The van der Waals surface area contributed by atoms with E-state index in [0.29, 0.717) is 52.0 Å². The molecule has 0 radical (unpaired) electrons. The monoisotopic (exact) mass is 288 g/mol. The number of carbonyl (C=O) groups excluding carboxylic acids is 1. The molecule has 0 aromatic rings. The van der Waals surface area contributed by atoms with Crippen molar-refractivity contribution in [3.63, 3.8) is 0 Å². The summed E-state index contributed by atoms with van der Waals surface area (Å²) in [4.78, 5) is 14.0. The summed E-state index contributed by atoms with van der Waals surface area (Å²) in [5.74, 6) is 0.190.